The van der Waals surface area contributed by atoms with Gasteiger partial charge < -0.3 is 14.6 Å². The minimum absolute atomic E-state index is 0.0251. The van der Waals surface area contributed by atoms with Crippen molar-refractivity contribution >= 4 is 12.1 Å². The van der Waals surface area contributed by atoms with Gasteiger partial charge in [0, 0.05) is 24.9 Å². The highest BCUT2D eigenvalue weighted by Gasteiger charge is 2.33. The smallest absolute Gasteiger partial charge is 0.410 e. The Morgan fingerprint density at radius 2 is 1.75 bits per heavy atom. The predicted molar refractivity (Wildman–Crippen MR) is 117 cm³/mol. The first-order valence-electron chi connectivity index (χ1n) is 10.5. The molecule has 5 rings (SSSR count). The lowest BCUT2D eigenvalue weighted by Gasteiger charge is -2.35. The average molecular weight is 430 g/mol. The number of hydrogen-bond donors (Lipinski definition) is 1. The van der Waals surface area contributed by atoms with E-state index in [1.165, 1.54) is 23.4 Å². The summed E-state index contributed by atoms with van der Waals surface area (Å²) in [6.07, 6.45) is 2.41. The number of carbonyl (C=O) groups excluding carboxylic acids is 1. The normalized spacial score (nSPS) is 17.5. The van der Waals surface area contributed by atoms with Crippen molar-refractivity contribution < 1.29 is 24.2 Å². The molecule has 7 nitrogen and oxygen atoms in total. The van der Waals surface area contributed by atoms with Crippen LogP contribution in [0.15, 0.2) is 67.0 Å². The number of morpholine rings is 1. The molecule has 1 aliphatic carbocycles. The number of amides is 1. The Morgan fingerprint density at radius 3 is 2.44 bits per heavy atom. The summed E-state index contributed by atoms with van der Waals surface area (Å²) >= 11 is 0. The summed E-state index contributed by atoms with van der Waals surface area (Å²) in [5, 5.41) is 9.27. The fourth-order valence-corrected chi connectivity index (χ4v) is 4.53. The highest BCUT2D eigenvalue weighted by Crippen LogP contribution is 2.44. The second-order valence-corrected chi connectivity index (χ2v) is 7.90. The quantitative estimate of drug-likeness (QED) is 0.670. The number of fused-ring (bicyclic) bond motifs is 3. The largest absolute Gasteiger partial charge is 0.478 e. The van der Waals surface area contributed by atoms with Gasteiger partial charge in [0.1, 0.15) is 6.61 Å². The molecule has 32 heavy (non-hydrogen) atoms. The monoisotopic (exact) mass is 430 g/mol. The number of rotatable bonds is 4. The SMILES string of the molecule is O=C(O)c1cncc(C2COCCN2C(=O)OCC2c3ccccc3-c3ccccc32)c1. The summed E-state index contributed by atoms with van der Waals surface area (Å²) in [5.74, 6) is -1.09. The lowest BCUT2D eigenvalue weighted by atomic mass is 9.98. The number of ether oxygens (including phenoxy) is 2. The molecule has 7 heteroatoms. The molecule has 2 aromatic carbocycles. The van der Waals surface area contributed by atoms with Gasteiger partial charge in [-0.05, 0) is 33.9 Å². The van der Waals surface area contributed by atoms with Gasteiger partial charge in [0.2, 0.25) is 0 Å². The Morgan fingerprint density at radius 1 is 1.06 bits per heavy atom. The molecule has 2 aliphatic rings. The Bertz CT molecular complexity index is 1130. The van der Waals surface area contributed by atoms with Crippen LogP contribution in [0.2, 0.25) is 0 Å². The zero-order valence-electron chi connectivity index (χ0n) is 17.3. The predicted octanol–water partition coefficient (Wildman–Crippen LogP) is 4.10. The fourth-order valence-electron chi connectivity index (χ4n) is 4.53. The first kappa shape index (κ1) is 20.2. The van der Waals surface area contributed by atoms with Gasteiger partial charge in [-0.1, -0.05) is 48.5 Å². The molecule has 162 valence electrons. The van der Waals surface area contributed by atoms with Crippen molar-refractivity contribution in [2.24, 2.45) is 0 Å². The minimum Gasteiger partial charge on any atom is -0.478 e. The van der Waals surface area contributed by atoms with Gasteiger partial charge >= 0.3 is 12.1 Å². The van der Waals surface area contributed by atoms with Gasteiger partial charge in [-0.25, -0.2) is 9.59 Å². The van der Waals surface area contributed by atoms with Crippen molar-refractivity contribution in [2.45, 2.75) is 12.0 Å². The van der Waals surface area contributed by atoms with Crippen molar-refractivity contribution in [1.82, 2.24) is 9.88 Å². The first-order chi connectivity index (χ1) is 15.6. The van der Waals surface area contributed by atoms with Gasteiger partial charge in [0.15, 0.2) is 0 Å². The number of benzene rings is 2. The van der Waals surface area contributed by atoms with Crippen LogP contribution in [0.5, 0.6) is 0 Å². The third-order valence-electron chi connectivity index (χ3n) is 6.09. The number of carboxylic acid groups (broad SMARTS) is 1. The topological polar surface area (TPSA) is 89.0 Å². The summed E-state index contributed by atoms with van der Waals surface area (Å²) < 4.78 is 11.4. The Balaban J connectivity index is 1.35. The Hall–Kier alpha value is -3.71. The van der Waals surface area contributed by atoms with Crippen LogP contribution in [-0.2, 0) is 9.47 Å². The minimum atomic E-state index is -1.07. The van der Waals surface area contributed by atoms with Gasteiger partial charge in [-0.2, -0.15) is 0 Å². The molecular weight excluding hydrogens is 408 g/mol. The molecule has 1 saturated heterocycles. The third kappa shape index (κ3) is 3.61. The van der Waals surface area contributed by atoms with E-state index in [9.17, 15) is 14.7 Å². The second-order valence-electron chi connectivity index (χ2n) is 7.90. The standard InChI is InChI=1S/C25H22N2O5/c28-24(29)17-11-16(12-26-13-17)23-15-31-10-9-27(23)25(30)32-14-22-20-7-3-1-5-18(20)19-6-2-4-8-21(19)22/h1-8,11-13,22-23H,9-10,14-15H2,(H,28,29). The summed E-state index contributed by atoms with van der Waals surface area (Å²) in [4.78, 5) is 30.0. The van der Waals surface area contributed by atoms with Crippen LogP contribution in [0, 0.1) is 0 Å². The van der Waals surface area contributed by atoms with Gasteiger partial charge in [0.05, 0.1) is 24.8 Å². The number of carboxylic acids is 1. The molecule has 1 amide bonds. The van der Waals surface area contributed by atoms with E-state index in [2.05, 4.69) is 29.2 Å². The molecule has 1 aromatic heterocycles. The molecule has 0 bridgehead atoms. The van der Waals surface area contributed by atoms with Crippen molar-refractivity contribution in [3.63, 3.8) is 0 Å². The molecule has 1 fully saturated rings. The molecule has 1 aliphatic heterocycles. The number of pyridine rings is 1. The summed E-state index contributed by atoms with van der Waals surface area (Å²) in [6.45, 7) is 1.24. The summed E-state index contributed by atoms with van der Waals surface area (Å²) in [5.41, 5.74) is 5.32. The molecule has 1 unspecified atom stereocenters. The van der Waals surface area contributed by atoms with Gasteiger partial charge in [0.25, 0.3) is 0 Å². The molecule has 0 spiro atoms. The maximum absolute atomic E-state index is 13.1. The molecular formula is C25H22N2O5. The van der Waals surface area contributed by atoms with E-state index in [4.69, 9.17) is 9.47 Å². The fraction of sp³-hybridized carbons (Fsp3) is 0.240. The third-order valence-corrected chi connectivity index (χ3v) is 6.09. The van der Waals surface area contributed by atoms with E-state index >= 15 is 0 Å². The van der Waals surface area contributed by atoms with E-state index in [1.807, 2.05) is 24.3 Å². The highest BCUT2D eigenvalue weighted by atomic mass is 16.6. The van der Waals surface area contributed by atoms with E-state index in [0.29, 0.717) is 18.7 Å². The van der Waals surface area contributed by atoms with Gasteiger partial charge in [-0.15, -0.1) is 0 Å². The Kier molecular flexibility index (Phi) is 5.33. The zero-order valence-corrected chi connectivity index (χ0v) is 17.3. The van der Waals surface area contributed by atoms with Crippen LogP contribution in [-0.4, -0.2) is 53.4 Å². The Labute approximate surface area is 185 Å². The summed E-state index contributed by atoms with van der Waals surface area (Å²) in [6, 6.07) is 17.4. The molecule has 0 radical (unpaired) electrons. The van der Waals surface area contributed by atoms with Crippen LogP contribution >= 0.6 is 0 Å². The summed E-state index contributed by atoms with van der Waals surface area (Å²) in [7, 11) is 0. The average Bonchev–Trinajstić information content (AvgIpc) is 3.16. The number of hydrogen-bond acceptors (Lipinski definition) is 5. The van der Waals surface area contributed by atoms with E-state index < -0.39 is 18.1 Å². The molecule has 0 saturated carbocycles. The van der Waals surface area contributed by atoms with Crippen LogP contribution in [0.4, 0.5) is 4.79 Å². The van der Waals surface area contributed by atoms with E-state index in [1.54, 1.807) is 11.1 Å². The molecule has 1 atom stereocenters. The van der Waals surface area contributed by atoms with Gasteiger partial charge in [-0.3, -0.25) is 9.88 Å². The number of aromatic nitrogens is 1. The van der Waals surface area contributed by atoms with Crippen molar-refractivity contribution in [2.75, 3.05) is 26.4 Å². The van der Waals surface area contributed by atoms with Crippen LogP contribution in [0.3, 0.4) is 0 Å². The molecule has 3 aromatic rings. The number of nitrogens with zero attached hydrogens (tertiary/aromatic N) is 2. The highest BCUT2D eigenvalue weighted by molar-refractivity contribution is 5.87. The maximum atomic E-state index is 13.1. The lowest BCUT2D eigenvalue weighted by molar-refractivity contribution is -0.0105. The molecule has 1 N–H and O–H groups in total. The van der Waals surface area contributed by atoms with Crippen molar-refractivity contribution in [3.05, 3.63) is 89.2 Å². The van der Waals surface area contributed by atoms with Crippen LogP contribution < -0.4 is 0 Å². The van der Waals surface area contributed by atoms with Crippen LogP contribution in [0.25, 0.3) is 11.1 Å². The lowest BCUT2D eigenvalue weighted by Crippen LogP contribution is -2.44. The van der Waals surface area contributed by atoms with E-state index in [-0.39, 0.29) is 24.7 Å². The van der Waals surface area contributed by atoms with E-state index in [0.717, 1.165) is 11.1 Å². The van der Waals surface area contributed by atoms with Crippen molar-refractivity contribution in [1.29, 1.82) is 0 Å². The zero-order chi connectivity index (χ0) is 22.1. The van der Waals surface area contributed by atoms with Crippen molar-refractivity contribution in [3.8, 4) is 11.1 Å². The second kappa shape index (κ2) is 8.43. The first-order valence-corrected chi connectivity index (χ1v) is 10.5. The molecule has 2 heterocycles. The number of carbonyl (C=O) groups is 2. The maximum Gasteiger partial charge on any atom is 0.410 e. The number of aromatic carboxylic acids is 1. The van der Waals surface area contributed by atoms with Crippen LogP contribution in [0.1, 0.15) is 39.0 Å².